The van der Waals surface area contributed by atoms with E-state index in [9.17, 15) is 33.6 Å². The SMILES string of the molecule is CCCC(CC(=O)[C@@H]1[C@@H]2[C@H](CN1C(=O)[C@@H](CC(=O)OC(C)C)C(C)(C)C)C2(C)C)C(=O)C(=O)CCC(=O)NC(C(=O)N(C)C)c1ccccc1. The van der Waals surface area contributed by atoms with E-state index < -0.39 is 52.8 Å². The van der Waals surface area contributed by atoms with Crippen molar-refractivity contribution in [3.63, 3.8) is 0 Å². The lowest BCUT2D eigenvalue weighted by molar-refractivity contribution is -0.156. The van der Waals surface area contributed by atoms with Crippen molar-refractivity contribution in [1.82, 2.24) is 15.1 Å². The number of nitrogens with zero attached hydrogens (tertiary/aromatic N) is 2. The number of hydrogen-bond donors (Lipinski definition) is 1. The first kappa shape index (κ1) is 40.5. The zero-order valence-electron chi connectivity index (χ0n) is 31.5. The first-order valence-corrected chi connectivity index (χ1v) is 17.9. The van der Waals surface area contributed by atoms with Crippen LogP contribution in [0.3, 0.4) is 0 Å². The van der Waals surface area contributed by atoms with Crippen molar-refractivity contribution in [3.05, 3.63) is 35.9 Å². The number of ether oxygens (including phenoxy) is 1. The van der Waals surface area contributed by atoms with Crippen LogP contribution in [0.15, 0.2) is 30.3 Å². The smallest absolute Gasteiger partial charge is 0.306 e. The predicted octanol–water partition coefficient (Wildman–Crippen LogP) is 4.71. The van der Waals surface area contributed by atoms with E-state index in [0.717, 1.165) is 0 Å². The van der Waals surface area contributed by atoms with E-state index >= 15 is 0 Å². The molecule has 1 heterocycles. The van der Waals surface area contributed by atoms with E-state index in [1.54, 1.807) is 63.2 Å². The summed E-state index contributed by atoms with van der Waals surface area (Å²) in [6.45, 7) is 15.6. The van der Waals surface area contributed by atoms with Crippen LogP contribution in [0.2, 0.25) is 0 Å². The molecule has 276 valence electrons. The Balaban J connectivity index is 1.72. The lowest BCUT2D eigenvalue weighted by Gasteiger charge is -2.37. The number of esters is 1. The van der Waals surface area contributed by atoms with Crippen LogP contribution in [0.25, 0.3) is 0 Å². The Bertz CT molecular complexity index is 1440. The molecule has 3 rings (SSSR count). The molecule has 50 heavy (non-hydrogen) atoms. The molecule has 2 aliphatic rings. The number of benzene rings is 1. The Hall–Kier alpha value is -3.89. The number of carbonyl (C=O) groups excluding carboxylic acids is 7. The number of hydrogen-bond acceptors (Lipinski definition) is 8. The van der Waals surface area contributed by atoms with E-state index in [1.807, 2.05) is 27.7 Å². The number of rotatable bonds is 17. The van der Waals surface area contributed by atoms with Gasteiger partial charge in [-0.1, -0.05) is 78.3 Å². The minimum absolute atomic E-state index is 0.0820. The van der Waals surface area contributed by atoms with Crippen LogP contribution in [0.5, 0.6) is 0 Å². The number of fused-ring (bicyclic) bond motifs is 1. The minimum Gasteiger partial charge on any atom is -0.463 e. The summed E-state index contributed by atoms with van der Waals surface area (Å²) in [4.78, 5) is 96.3. The molecule has 1 aromatic rings. The van der Waals surface area contributed by atoms with Crippen molar-refractivity contribution < 1.29 is 38.3 Å². The largest absolute Gasteiger partial charge is 0.463 e. The maximum absolute atomic E-state index is 14.1. The third-order valence-corrected chi connectivity index (χ3v) is 10.3. The van der Waals surface area contributed by atoms with Crippen LogP contribution >= 0.6 is 0 Å². The quantitative estimate of drug-likeness (QED) is 0.182. The molecular weight excluding hydrogens is 638 g/mol. The van der Waals surface area contributed by atoms with Gasteiger partial charge in [0.05, 0.1) is 24.5 Å². The molecule has 1 saturated carbocycles. The number of ketones is 3. The third-order valence-electron chi connectivity index (χ3n) is 10.3. The molecule has 0 bridgehead atoms. The lowest BCUT2D eigenvalue weighted by atomic mass is 9.77. The zero-order chi connectivity index (χ0) is 37.7. The molecule has 11 heteroatoms. The molecule has 1 aromatic carbocycles. The second kappa shape index (κ2) is 16.4. The topological polar surface area (TPSA) is 147 Å². The maximum atomic E-state index is 14.1. The van der Waals surface area contributed by atoms with Crippen LogP contribution in [0.4, 0.5) is 0 Å². The highest BCUT2D eigenvalue weighted by atomic mass is 16.5. The Morgan fingerprint density at radius 1 is 0.980 bits per heavy atom. The highest BCUT2D eigenvalue weighted by Crippen LogP contribution is 2.65. The molecule has 0 aromatic heterocycles. The van der Waals surface area contributed by atoms with Gasteiger partial charge in [-0.05, 0) is 48.5 Å². The summed E-state index contributed by atoms with van der Waals surface area (Å²) in [6.07, 6.45) is -0.416. The average Bonchev–Trinajstić information content (AvgIpc) is 3.33. The normalized spacial score (nSPS) is 21.0. The molecule has 0 radical (unpaired) electrons. The van der Waals surface area contributed by atoms with E-state index in [1.165, 1.54) is 4.90 Å². The molecule has 2 unspecified atom stereocenters. The van der Waals surface area contributed by atoms with Gasteiger partial charge in [0.2, 0.25) is 23.5 Å². The first-order valence-electron chi connectivity index (χ1n) is 17.9. The van der Waals surface area contributed by atoms with Crippen molar-refractivity contribution in [1.29, 1.82) is 0 Å². The summed E-state index contributed by atoms with van der Waals surface area (Å²) in [5, 5.41) is 2.69. The van der Waals surface area contributed by atoms with Crippen molar-refractivity contribution in [2.24, 2.45) is 34.5 Å². The number of piperidine rings is 1. The van der Waals surface area contributed by atoms with Crippen LogP contribution in [0.1, 0.15) is 106 Å². The highest BCUT2D eigenvalue weighted by Gasteiger charge is 2.69. The molecule has 1 aliphatic heterocycles. The number of carbonyl (C=O) groups is 7. The van der Waals surface area contributed by atoms with Gasteiger partial charge in [-0.2, -0.15) is 0 Å². The van der Waals surface area contributed by atoms with E-state index in [0.29, 0.717) is 24.9 Å². The minimum atomic E-state index is -0.943. The monoisotopic (exact) mass is 695 g/mol. The van der Waals surface area contributed by atoms with Gasteiger partial charge in [0.25, 0.3) is 0 Å². The summed E-state index contributed by atoms with van der Waals surface area (Å²) in [6, 6.07) is 7.06. The van der Waals surface area contributed by atoms with Crippen molar-refractivity contribution >= 4 is 41.0 Å². The third kappa shape index (κ3) is 9.66. The molecule has 3 amide bonds. The second-order valence-electron chi connectivity index (χ2n) is 16.1. The molecule has 11 nitrogen and oxygen atoms in total. The molecule has 0 spiro atoms. The number of likely N-dealkylation sites (N-methyl/N-ethyl adjacent to an activating group) is 1. The van der Waals surface area contributed by atoms with Crippen molar-refractivity contribution in [2.45, 2.75) is 112 Å². The number of amides is 3. The zero-order valence-corrected chi connectivity index (χ0v) is 31.5. The van der Waals surface area contributed by atoms with Gasteiger partial charge < -0.3 is 19.9 Å². The van der Waals surface area contributed by atoms with E-state index in [-0.39, 0.29) is 66.6 Å². The van der Waals surface area contributed by atoms with Crippen molar-refractivity contribution in [2.75, 3.05) is 20.6 Å². The van der Waals surface area contributed by atoms with Crippen LogP contribution in [0, 0.1) is 34.5 Å². The molecule has 2 fully saturated rings. The Labute approximate surface area is 297 Å². The summed E-state index contributed by atoms with van der Waals surface area (Å²) in [5.74, 6) is -4.91. The second-order valence-corrected chi connectivity index (χ2v) is 16.1. The summed E-state index contributed by atoms with van der Waals surface area (Å²) < 4.78 is 5.36. The maximum Gasteiger partial charge on any atom is 0.306 e. The first-order chi connectivity index (χ1) is 23.2. The predicted molar refractivity (Wildman–Crippen MR) is 188 cm³/mol. The fourth-order valence-electron chi connectivity index (χ4n) is 7.36. The van der Waals surface area contributed by atoms with E-state index in [2.05, 4.69) is 19.2 Å². The summed E-state index contributed by atoms with van der Waals surface area (Å²) in [7, 11) is 3.17. The van der Waals surface area contributed by atoms with Crippen LogP contribution < -0.4 is 5.32 Å². The average molecular weight is 696 g/mol. The molecule has 1 aliphatic carbocycles. The van der Waals surface area contributed by atoms with Gasteiger partial charge in [-0.25, -0.2) is 0 Å². The molecule has 1 N–H and O–H groups in total. The van der Waals surface area contributed by atoms with Crippen molar-refractivity contribution in [3.8, 4) is 0 Å². The standard InChI is InChI=1S/C39H57N3O8/c1-11-15-25(35(47)28(43)18-19-30(45)40-33(37(49)41(9)10)24-16-13-12-14-17-24)20-29(44)34-32-27(39(32,7)8)22-42(34)36(48)26(38(4,5)6)21-31(46)50-23(2)3/h12-14,16-17,23,25-27,32-34H,11,15,18-22H2,1-10H3,(H,40,45)/t25?,26-,27+,32+,33?,34-/m1/s1. The number of likely N-dealkylation sites (tertiary alicyclic amines) is 1. The van der Waals surface area contributed by atoms with Gasteiger partial charge in [0.15, 0.2) is 11.6 Å². The fourth-order valence-corrected chi connectivity index (χ4v) is 7.36. The summed E-state index contributed by atoms with van der Waals surface area (Å²) >= 11 is 0. The van der Waals surface area contributed by atoms with E-state index in [4.69, 9.17) is 4.74 Å². The number of Topliss-reactive ketones (excluding diaryl/α,β-unsaturated/α-hetero) is 3. The van der Waals surface area contributed by atoms with Crippen LogP contribution in [-0.4, -0.2) is 83.6 Å². The Morgan fingerprint density at radius 3 is 2.14 bits per heavy atom. The summed E-state index contributed by atoms with van der Waals surface area (Å²) in [5.41, 5.74) is -0.152. The fraction of sp³-hybridized carbons (Fsp3) is 0.667. The highest BCUT2D eigenvalue weighted by molar-refractivity contribution is 6.38. The van der Waals surface area contributed by atoms with Crippen LogP contribution in [-0.2, 0) is 38.3 Å². The molecule has 1 saturated heterocycles. The molecule has 6 atom stereocenters. The van der Waals surface area contributed by atoms with Gasteiger partial charge in [-0.15, -0.1) is 0 Å². The van der Waals surface area contributed by atoms with Gasteiger partial charge in [0, 0.05) is 45.8 Å². The Morgan fingerprint density at radius 2 is 1.60 bits per heavy atom. The lowest BCUT2D eigenvalue weighted by Crippen LogP contribution is -2.51. The van der Waals surface area contributed by atoms with Gasteiger partial charge >= 0.3 is 5.97 Å². The Kier molecular flexibility index (Phi) is 13.3. The number of nitrogens with one attached hydrogen (secondary N) is 1. The molecular formula is C39H57N3O8. The van der Waals surface area contributed by atoms with Gasteiger partial charge in [0.1, 0.15) is 6.04 Å². The van der Waals surface area contributed by atoms with Gasteiger partial charge in [-0.3, -0.25) is 33.6 Å².